The molecule has 1 aliphatic heterocycles. The minimum Gasteiger partial charge on any atom is -0.372 e. The van der Waals surface area contributed by atoms with E-state index in [0.29, 0.717) is 0 Å². The van der Waals surface area contributed by atoms with Crippen LogP contribution < -0.4 is 0 Å². The molecule has 0 spiro atoms. The Bertz CT molecular complexity index is 319. The lowest BCUT2D eigenvalue weighted by atomic mass is 10.1. The monoisotopic (exact) mass is 316 g/mol. The number of hydrogen-bond acceptors (Lipinski definition) is 1. The summed E-state index contributed by atoms with van der Waals surface area (Å²) >= 11 is 9.92. The molecule has 3 heteroatoms. The summed E-state index contributed by atoms with van der Waals surface area (Å²) in [6.07, 6.45) is 16.0. The third-order valence-electron chi connectivity index (χ3n) is 2.79. The lowest BCUT2D eigenvalue weighted by Crippen LogP contribution is -2.21. The summed E-state index contributed by atoms with van der Waals surface area (Å²) in [5.41, 5.74) is 0. The van der Waals surface area contributed by atoms with E-state index in [1.165, 1.54) is 0 Å². The number of halogens is 2. The third-order valence-corrected chi connectivity index (χ3v) is 4.80. The van der Waals surface area contributed by atoms with Crippen LogP contribution in [0.25, 0.3) is 0 Å². The normalized spacial score (nSPS) is 33.5. The highest BCUT2D eigenvalue weighted by molar-refractivity contribution is 9.09. The summed E-state index contributed by atoms with van der Waals surface area (Å²) in [7, 11) is 0. The van der Waals surface area contributed by atoms with Crippen molar-refractivity contribution in [1.82, 2.24) is 0 Å². The number of rotatable bonds is 5. The standard InChI is InChI=1S/C14H18BrClO/c1-3-5-6-7-8-9-10-12-14(16)13(15)11(4-2)17-12/h1,5-6,8-9,11-14H,4,7,10H2,2H3/b6-5+,9-8-/t11-,12+,13-,14-/m0/s1. The van der Waals surface area contributed by atoms with Crippen LogP contribution in [-0.2, 0) is 4.74 Å². The van der Waals surface area contributed by atoms with Crippen LogP contribution in [0.15, 0.2) is 24.3 Å². The summed E-state index contributed by atoms with van der Waals surface area (Å²) in [6, 6.07) is 0. The predicted molar refractivity (Wildman–Crippen MR) is 77.7 cm³/mol. The van der Waals surface area contributed by atoms with E-state index in [4.69, 9.17) is 22.8 Å². The lowest BCUT2D eigenvalue weighted by molar-refractivity contribution is 0.0474. The van der Waals surface area contributed by atoms with Crippen molar-refractivity contribution in [3.05, 3.63) is 24.3 Å². The average molecular weight is 318 g/mol. The van der Waals surface area contributed by atoms with Gasteiger partial charge in [-0.15, -0.1) is 18.0 Å². The maximum atomic E-state index is 6.32. The van der Waals surface area contributed by atoms with Gasteiger partial charge in [-0.3, -0.25) is 0 Å². The summed E-state index contributed by atoms with van der Waals surface area (Å²) in [6.45, 7) is 2.12. The Morgan fingerprint density at radius 3 is 2.71 bits per heavy atom. The molecule has 0 radical (unpaired) electrons. The Balaban J connectivity index is 2.33. The Hall–Kier alpha value is -0.230. The molecule has 1 saturated heterocycles. The fraction of sp³-hybridized carbons (Fsp3) is 0.571. The van der Waals surface area contributed by atoms with E-state index in [0.717, 1.165) is 19.3 Å². The largest absolute Gasteiger partial charge is 0.372 e. The summed E-state index contributed by atoms with van der Waals surface area (Å²) < 4.78 is 5.88. The summed E-state index contributed by atoms with van der Waals surface area (Å²) in [5.74, 6) is 2.46. The van der Waals surface area contributed by atoms with Crippen LogP contribution >= 0.6 is 27.5 Å². The zero-order valence-corrected chi connectivity index (χ0v) is 12.3. The number of ether oxygens (including phenoxy) is 1. The van der Waals surface area contributed by atoms with Crippen molar-refractivity contribution in [2.45, 2.75) is 48.6 Å². The van der Waals surface area contributed by atoms with E-state index in [1.54, 1.807) is 6.08 Å². The van der Waals surface area contributed by atoms with Crippen molar-refractivity contribution in [2.24, 2.45) is 0 Å². The maximum absolute atomic E-state index is 6.32. The molecule has 4 atom stereocenters. The van der Waals surface area contributed by atoms with E-state index in [2.05, 4.69) is 40.9 Å². The smallest absolute Gasteiger partial charge is 0.0789 e. The van der Waals surface area contributed by atoms with Gasteiger partial charge in [0.1, 0.15) is 0 Å². The van der Waals surface area contributed by atoms with Crippen molar-refractivity contribution in [1.29, 1.82) is 0 Å². The highest BCUT2D eigenvalue weighted by atomic mass is 79.9. The van der Waals surface area contributed by atoms with Gasteiger partial charge in [0.05, 0.1) is 22.4 Å². The van der Waals surface area contributed by atoms with Gasteiger partial charge in [0.15, 0.2) is 0 Å². The molecule has 0 aromatic heterocycles. The second-order valence-electron chi connectivity index (χ2n) is 4.02. The van der Waals surface area contributed by atoms with Gasteiger partial charge in [-0.05, 0) is 25.3 Å². The quantitative estimate of drug-likeness (QED) is 0.422. The molecule has 0 aromatic rings. The minimum absolute atomic E-state index is 0.0471. The van der Waals surface area contributed by atoms with Gasteiger partial charge < -0.3 is 4.74 Å². The molecular formula is C14H18BrClO. The van der Waals surface area contributed by atoms with Crippen LogP contribution in [0.2, 0.25) is 0 Å². The van der Waals surface area contributed by atoms with Crippen molar-refractivity contribution in [3.63, 3.8) is 0 Å². The molecule has 0 saturated carbocycles. The molecule has 1 nitrogen and oxygen atoms in total. The highest BCUT2D eigenvalue weighted by Crippen LogP contribution is 2.34. The first-order valence-electron chi connectivity index (χ1n) is 5.90. The molecule has 1 aliphatic rings. The van der Waals surface area contributed by atoms with Gasteiger partial charge in [-0.2, -0.15) is 0 Å². The first kappa shape index (κ1) is 14.8. The zero-order valence-electron chi connectivity index (χ0n) is 9.98. The van der Waals surface area contributed by atoms with Gasteiger partial charge in [0.2, 0.25) is 0 Å². The summed E-state index contributed by atoms with van der Waals surface area (Å²) in [4.78, 5) is 0.258. The second kappa shape index (κ2) is 7.97. The van der Waals surface area contributed by atoms with Crippen molar-refractivity contribution >= 4 is 27.5 Å². The highest BCUT2D eigenvalue weighted by Gasteiger charge is 2.40. The Morgan fingerprint density at radius 2 is 2.12 bits per heavy atom. The Kier molecular flexibility index (Phi) is 6.96. The molecule has 94 valence electrons. The van der Waals surface area contributed by atoms with E-state index in [9.17, 15) is 0 Å². The van der Waals surface area contributed by atoms with E-state index in [1.807, 2.05) is 6.08 Å². The lowest BCUT2D eigenvalue weighted by Gasteiger charge is -2.10. The fourth-order valence-corrected chi connectivity index (χ4v) is 3.00. The Labute approximate surface area is 117 Å². The van der Waals surface area contributed by atoms with Gasteiger partial charge in [-0.1, -0.05) is 47.0 Å². The number of hydrogen-bond donors (Lipinski definition) is 0. The van der Waals surface area contributed by atoms with E-state index in [-0.39, 0.29) is 22.4 Å². The third kappa shape index (κ3) is 4.50. The van der Waals surface area contributed by atoms with E-state index >= 15 is 0 Å². The topological polar surface area (TPSA) is 9.23 Å². The van der Waals surface area contributed by atoms with Crippen molar-refractivity contribution < 1.29 is 4.74 Å². The van der Waals surface area contributed by atoms with Crippen LogP contribution in [0.3, 0.4) is 0 Å². The Morgan fingerprint density at radius 1 is 1.35 bits per heavy atom. The molecule has 0 aromatic carbocycles. The SMILES string of the molecule is C#C/C=C/C/C=C\C[C@H]1O[C@@H](CC)[C@H](Br)[C@H]1Cl. The minimum atomic E-state index is 0.0471. The molecule has 1 rings (SSSR count). The van der Waals surface area contributed by atoms with Crippen LogP contribution in [0.1, 0.15) is 26.2 Å². The summed E-state index contributed by atoms with van der Waals surface area (Å²) in [5, 5.41) is 0.0471. The molecule has 0 aliphatic carbocycles. The maximum Gasteiger partial charge on any atom is 0.0789 e. The van der Waals surface area contributed by atoms with Crippen LogP contribution in [0, 0.1) is 12.3 Å². The van der Waals surface area contributed by atoms with Gasteiger partial charge in [0.25, 0.3) is 0 Å². The molecular weight excluding hydrogens is 300 g/mol. The number of allylic oxidation sites excluding steroid dienone is 3. The molecule has 1 heterocycles. The number of terminal acetylenes is 1. The van der Waals surface area contributed by atoms with Gasteiger partial charge >= 0.3 is 0 Å². The molecule has 17 heavy (non-hydrogen) atoms. The number of alkyl halides is 2. The van der Waals surface area contributed by atoms with Crippen molar-refractivity contribution in [3.8, 4) is 12.3 Å². The zero-order chi connectivity index (χ0) is 12.7. The first-order chi connectivity index (χ1) is 8.20. The molecule has 0 amide bonds. The van der Waals surface area contributed by atoms with Gasteiger partial charge in [0, 0.05) is 0 Å². The van der Waals surface area contributed by atoms with Crippen LogP contribution in [0.5, 0.6) is 0 Å². The first-order valence-corrected chi connectivity index (χ1v) is 7.25. The second-order valence-corrected chi connectivity index (χ2v) is 5.58. The van der Waals surface area contributed by atoms with Crippen LogP contribution in [0.4, 0.5) is 0 Å². The molecule has 0 bridgehead atoms. The van der Waals surface area contributed by atoms with Crippen LogP contribution in [-0.4, -0.2) is 22.4 Å². The van der Waals surface area contributed by atoms with Crippen molar-refractivity contribution in [2.75, 3.05) is 0 Å². The molecule has 0 N–H and O–H groups in total. The fourth-order valence-electron chi connectivity index (χ4n) is 1.83. The van der Waals surface area contributed by atoms with E-state index < -0.39 is 0 Å². The van der Waals surface area contributed by atoms with Gasteiger partial charge in [-0.25, -0.2) is 0 Å². The molecule has 1 fully saturated rings. The predicted octanol–water partition coefficient (Wildman–Crippen LogP) is 4.06. The average Bonchev–Trinajstić information content (AvgIpc) is 2.61. The molecule has 0 unspecified atom stereocenters.